The second-order valence-corrected chi connectivity index (χ2v) is 5.41. The van der Waals surface area contributed by atoms with Gasteiger partial charge in [-0.25, -0.2) is 4.79 Å². The third-order valence-electron chi connectivity index (χ3n) is 2.87. The Kier molecular flexibility index (Phi) is 7.25. The number of aliphatic carboxylic acids is 1. The number of anilines is 1. The monoisotopic (exact) mass is 358 g/mol. The van der Waals surface area contributed by atoms with Crippen LogP contribution in [0.5, 0.6) is 0 Å². The number of rotatable bonds is 2. The molecule has 0 aliphatic carbocycles. The number of alkyl halides is 3. The van der Waals surface area contributed by atoms with Gasteiger partial charge in [0.1, 0.15) is 0 Å². The molecule has 3 N–H and O–H groups in total. The fraction of sp³-hybridized carbons (Fsp3) is 0.462. The molecule has 0 saturated carbocycles. The molecule has 1 aromatic carbocycles. The van der Waals surface area contributed by atoms with Crippen molar-refractivity contribution in [2.75, 3.05) is 18.4 Å². The van der Waals surface area contributed by atoms with Gasteiger partial charge in [0.15, 0.2) is 0 Å². The first-order chi connectivity index (χ1) is 10.2. The van der Waals surface area contributed by atoms with Crippen molar-refractivity contribution in [1.29, 1.82) is 0 Å². The first kappa shape index (κ1) is 18.9. The van der Waals surface area contributed by atoms with Gasteiger partial charge in [0.05, 0.1) is 10.0 Å². The predicted octanol–water partition coefficient (Wildman–Crippen LogP) is 3.79. The minimum absolute atomic E-state index is 0.545. The van der Waals surface area contributed by atoms with Gasteiger partial charge in [0.25, 0.3) is 0 Å². The van der Waals surface area contributed by atoms with Crippen molar-refractivity contribution >= 4 is 34.9 Å². The summed E-state index contributed by atoms with van der Waals surface area (Å²) in [7, 11) is 0. The van der Waals surface area contributed by atoms with Crippen LogP contribution in [0.3, 0.4) is 0 Å². The van der Waals surface area contributed by atoms with Crippen LogP contribution >= 0.6 is 23.2 Å². The summed E-state index contributed by atoms with van der Waals surface area (Å²) in [6.07, 6.45) is -2.78. The van der Waals surface area contributed by atoms with E-state index >= 15 is 0 Å². The molecule has 0 unspecified atom stereocenters. The van der Waals surface area contributed by atoms with Gasteiger partial charge in [-0.1, -0.05) is 23.2 Å². The SMILES string of the molecule is Clc1ccc(NC2CCNCC2)cc1Cl.O=C(O)C(F)(F)F. The number of carboxylic acids is 1. The van der Waals surface area contributed by atoms with Crippen LogP contribution in [-0.4, -0.2) is 36.4 Å². The molecule has 4 nitrogen and oxygen atoms in total. The standard InChI is InChI=1S/C11H14Cl2N2.C2HF3O2/c12-10-2-1-9(7-11(10)13)15-8-3-5-14-6-4-8;3-2(4,5)1(6)7/h1-2,7-8,14-15H,3-6H2;(H,6,7). The lowest BCUT2D eigenvalue weighted by atomic mass is 10.1. The lowest BCUT2D eigenvalue weighted by Crippen LogP contribution is -2.35. The van der Waals surface area contributed by atoms with Gasteiger partial charge < -0.3 is 15.7 Å². The van der Waals surface area contributed by atoms with Crippen LogP contribution in [0.1, 0.15) is 12.8 Å². The summed E-state index contributed by atoms with van der Waals surface area (Å²) in [5.74, 6) is -2.76. The number of carbonyl (C=O) groups is 1. The highest BCUT2D eigenvalue weighted by atomic mass is 35.5. The maximum Gasteiger partial charge on any atom is 0.490 e. The fourth-order valence-electron chi connectivity index (χ4n) is 1.79. The molecule has 1 heterocycles. The van der Waals surface area contributed by atoms with Crippen molar-refractivity contribution in [1.82, 2.24) is 5.32 Å². The lowest BCUT2D eigenvalue weighted by molar-refractivity contribution is -0.192. The Hall–Kier alpha value is -1.18. The van der Waals surface area contributed by atoms with Crippen LogP contribution in [-0.2, 0) is 4.79 Å². The molecule has 22 heavy (non-hydrogen) atoms. The number of hydrogen-bond donors (Lipinski definition) is 3. The highest BCUT2D eigenvalue weighted by Gasteiger charge is 2.38. The number of benzene rings is 1. The zero-order valence-electron chi connectivity index (χ0n) is 11.4. The Morgan fingerprint density at radius 2 is 1.77 bits per heavy atom. The molecular formula is C13H15Cl2F3N2O2. The Morgan fingerprint density at radius 3 is 2.23 bits per heavy atom. The van der Waals surface area contributed by atoms with Crippen molar-refractivity contribution in [3.63, 3.8) is 0 Å². The molecule has 0 spiro atoms. The first-order valence-corrected chi connectivity index (χ1v) is 7.18. The number of halogens is 5. The van der Waals surface area contributed by atoms with Crippen LogP contribution in [0.4, 0.5) is 18.9 Å². The van der Waals surface area contributed by atoms with E-state index < -0.39 is 12.1 Å². The third kappa shape index (κ3) is 6.72. The molecule has 1 aliphatic heterocycles. The van der Waals surface area contributed by atoms with Crippen LogP contribution in [0.2, 0.25) is 10.0 Å². The largest absolute Gasteiger partial charge is 0.490 e. The highest BCUT2D eigenvalue weighted by molar-refractivity contribution is 6.42. The van der Waals surface area contributed by atoms with Crippen LogP contribution in [0.25, 0.3) is 0 Å². The van der Waals surface area contributed by atoms with Gasteiger partial charge in [0.2, 0.25) is 0 Å². The molecule has 0 amide bonds. The molecule has 0 radical (unpaired) electrons. The van der Waals surface area contributed by atoms with Crippen LogP contribution < -0.4 is 10.6 Å². The van der Waals surface area contributed by atoms with Gasteiger partial charge in [-0.05, 0) is 44.1 Å². The van der Waals surface area contributed by atoms with E-state index in [1.54, 1.807) is 0 Å². The lowest BCUT2D eigenvalue weighted by Gasteiger charge is -2.24. The topological polar surface area (TPSA) is 61.4 Å². The summed E-state index contributed by atoms with van der Waals surface area (Å²) in [4.78, 5) is 8.90. The molecule has 1 fully saturated rings. The van der Waals surface area contributed by atoms with Crippen LogP contribution in [0, 0.1) is 0 Å². The molecule has 0 aromatic heterocycles. The summed E-state index contributed by atoms with van der Waals surface area (Å²) in [6.45, 7) is 2.16. The van der Waals surface area contributed by atoms with Gasteiger partial charge >= 0.3 is 12.1 Å². The maximum absolute atomic E-state index is 10.6. The third-order valence-corrected chi connectivity index (χ3v) is 3.61. The molecule has 1 aromatic rings. The summed E-state index contributed by atoms with van der Waals surface area (Å²) in [5.41, 5.74) is 1.05. The average molecular weight is 359 g/mol. The summed E-state index contributed by atoms with van der Waals surface area (Å²) in [6, 6.07) is 6.22. The number of carboxylic acid groups (broad SMARTS) is 1. The quantitative estimate of drug-likeness (QED) is 0.752. The second-order valence-electron chi connectivity index (χ2n) is 4.60. The molecule has 0 bridgehead atoms. The van der Waals surface area contributed by atoms with Gasteiger partial charge in [-0.15, -0.1) is 0 Å². The Balaban J connectivity index is 0.000000295. The van der Waals surface area contributed by atoms with E-state index in [1.807, 2.05) is 18.2 Å². The van der Waals surface area contributed by atoms with E-state index in [2.05, 4.69) is 10.6 Å². The van der Waals surface area contributed by atoms with Gasteiger partial charge in [-0.2, -0.15) is 13.2 Å². The minimum atomic E-state index is -5.08. The zero-order valence-corrected chi connectivity index (χ0v) is 12.9. The van der Waals surface area contributed by atoms with Gasteiger partial charge in [0, 0.05) is 11.7 Å². The van der Waals surface area contributed by atoms with E-state index in [0.717, 1.165) is 31.6 Å². The average Bonchev–Trinajstić information content (AvgIpc) is 2.44. The molecule has 124 valence electrons. The van der Waals surface area contributed by atoms with Crippen molar-refractivity contribution < 1.29 is 23.1 Å². The van der Waals surface area contributed by atoms with E-state index in [-0.39, 0.29) is 0 Å². The first-order valence-electron chi connectivity index (χ1n) is 6.42. The number of nitrogens with one attached hydrogen (secondary N) is 2. The Morgan fingerprint density at radius 1 is 1.23 bits per heavy atom. The van der Waals surface area contributed by atoms with E-state index in [0.29, 0.717) is 16.1 Å². The molecule has 9 heteroatoms. The summed E-state index contributed by atoms with van der Waals surface area (Å²) >= 11 is 11.8. The Labute approximate surface area is 135 Å². The number of piperidine rings is 1. The van der Waals surface area contributed by atoms with Crippen molar-refractivity contribution in [3.8, 4) is 0 Å². The minimum Gasteiger partial charge on any atom is -0.475 e. The Bertz CT molecular complexity index is 507. The van der Waals surface area contributed by atoms with Crippen LogP contribution in [0.15, 0.2) is 18.2 Å². The maximum atomic E-state index is 10.6. The molecule has 1 saturated heterocycles. The molecule has 2 rings (SSSR count). The summed E-state index contributed by atoms with van der Waals surface area (Å²) in [5, 5.41) is 15.1. The second kappa shape index (κ2) is 8.45. The van der Waals surface area contributed by atoms with Gasteiger partial charge in [-0.3, -0.25) is 0 Å². The van der Waals surface area contributed by atoms with Crippen molar-refractivity contribution in [2.45, 2.75) is 25.1 Å². The van der Waals surface area contributed by atoms with Crippen molar-refractivity contribution in [3.05, 3.63) is 28.2 Å². The smallest absolute Gasteiger partial charge is 0.475 e. The predicted molar refractivity (Wildman–Crippen MR) is 79.7 cm³/mol. The van der Waals surface area contributed by atoms with E-state index in [4.69, 9.17) is 33.1 Å². The highest BCUT2D eigenvalue weighted by Crippen LogP contribution is 2.26. The molecule has 0 atom stereocenters. The summed E-state index contributed by atoms with van der Waals surface area (Å²) < 4.78 is 31.7. The van der Waals surface area contributed by atoms with E-state index in [1.165, 1.54) is 0 Å². The normalized spacial score (nSPS) is 15.7. The van der Waals surface area contributed by atoms with E-state index in [9.17, 15) is 13.2 Å². The van der Waals surface area contributed by atoms with Crippen molar-refractivity contribution in [2.24, 2.45) is 0 Å². The molecule has 1 aliphatic rings. The number of hydrogen-bond acceptors (Lipinski definition) is 3. The molecular weight excluding hydrogens is 344 g/mol. The fourth-order valence-corrected chi connectivity index (χ4v) is 2.09. The zero-order chi connectivity index (χ0) is 16.8.